The molecular weight excluding hydrogens is 448 g/mol. The minimum absolute atomic E-state index is 0.0384. The molecule has 35 heavy (non-hydrogen) atoms. The van der Waals surface area contributed by atoms with E-state index in [9.17, 15) is 14.4 Å². The minimum atomic E-state index is -1.09. The molecule has 2 amide bonds. The van der Waals surface area contributed by atoms with Crippen molar-refractivity contribution in [3.63, 3.8) is 0 Å². The van der Waals surface area contributed by atoms with Crippen molar-refractivity contribution >= 4 is 18.0 Å². The first kappa shape index (κ1) is 24.0. The third-order valence-electron chi connectivity index (χ3n) is 6.10. The lowest BCUT2D eigenvalue weighted by Crippen LogP contribution is -2.41. The van der Waals surface area contributed by atoms with Gasteiger partial charge in [0.25, 0.3) is 5.91 Å². The van der Waals surface area contributed by atoms with Gasteiger partial charge in [-0.2, -0.15) is 5.10 Å². The van der Waals surface area contributed by atoms with Crippen LogP contribution in [-0.4, -0.2) is 57.0 Å². The van der Waals surface area contributed by atoms with Crippen LogP contribution >= 0.6 is 0 Å². The molecule has 0 radical (unpaired) electrons. The molecule has 182 valence electrons. The molecule has 0 saturated heterocycles. The van der Waals surface area contributed by atoms with Crippen molar-refractivity contribution in [2.75, 3.05) is 13.2 Å². The van der Waals surface area contributed by atoms with Gasteiger partial charge in [0.1, 0.15) is 18.8 Å². The Morgan fingerprint density at radius 2 is 1.69 bits per heavy atom. The van der Waals surface area contributed by atoms with Crippen molar-refractivity contribution in [3.05, 3.63) is 77.1 Å². The summed E-state index contributed by atoms with van der Waals surface area (Å²) in [7, 11) is 1.60. The molecule has 9 nitrogen and oxygen atoms in total. The molecule has 0 spiro atoms. The Kier molecular flexibility index (Phi) is 6.86. The molecule has 4 rings (SSSR count). The zero-order valence-corrected chi connectivity index (χ0v) is 19.9. The number of carboxylic acids is 1. The number of carbonyl (C=O) groups is 3. The second-order valence-corrected chi connectivity index (χ2v) is 8.74. The molecule has 0 saturated carbocycles. The molecule has 1 aromatic heterocycles. The maximum absolute atomic E-state index is 12.8. The highest BCUT2D eigenvalue weighted by Gasteiger charge is 2.29. The number of nitrogens with zero attached hydrogens (tertiary/aromatic N) is 3. The van der Waals surface area contributed by atoms with Crippen LogP contribution in [0.2, 0.25) is 0 Å². The number of aliphatic carboxylic acids is 1. The number of benzene rings is 2. The standard InChI is InChI=1S/C26H28N4O5/c1-16(2)30(14-24(31)32)25(33)23-12-17(28-29(23)3)13-27-26(34)35-15-22-20-10-6-4-8-18(20)19-9-5-7-11-21(19)22/h4-12,16,22H,13-15H2,1-3H3,(H,27,34)(H,31,32). The van der Waals surface area contributed by atoms with Gasteiger partial charge in [-0.25, -0.2) is 4.79 Å². The van der Waals surface area contributed by atoms with E-state index in [2.05, 4.69) is 34.7 Å². The Bertz CT molecular complexity index is 1220. The molecule has 0 aliphatic heterocycles. The van der Waals surface area contributed by atoms with Crippen LogP contribution in [0.3, 0.4) is 0 Å². The van der Waals surface area contributed by atoms with Crippen molar-refractivity contribution < 1.29 is 24.2 Å². The number of nitrogens with one attached hydrogen (secondary N) is 1. The van der Waals surface area contributed by atoms with Gasteiger partial charge in [-0.3, -0.25) is 14.3 Å². The highest BCUT2D eigenvalue weighted by Crippen LogP contribution is 2.44. The second-order valence-electron chi connectivity index (χ2n) is 8.74. The van der Waals surface area contributed by atoms with Crippen molar-refractivity contribution in [1.82, 2.24) is 20.0 Å². The number of aromatic nitrogens is 2. The van der Waals surface area contributed by atoms with Crippen LogP contribution in [0.4, 0.5) is 4.79 Å². The second kappa shape index (κ2) is 10.0. The molecule has 0 bridgehead atoms. The van der Waals surface area contributed by atoms with Gasteiger partial charge in [-0.05, 0) is 42.2 Å². The zero-order valence-electron chi connectivity index (χ0n) is 19.9. The summed E-state index contributed by atoms with van der Waals surface area (Å²) < 4.78 is 6.92. The van der Waals surface area contributed by atoms with Crippen LogP contribution in [0.5, 0.6) is 0 Å². The van der Waals surface area contributed by atoms with Crippen LogP contribution < -0.4 is 5.32 Å². The quantitative estimate of drug-likeness (QED) is 0.515. The normalized spacial score (nSPS) is 12.2. The van der Waals surface area contributed by atoms with Crippen LogP contribution in [0.25, 0.3) is 11.1 Å². The number of ether oxygens (including phenoxy) is 1. The smallest absolute Gasteiger partial charge is 0.407 e. The Labute approximate surface area is 203 Å². The van der Waals surface area contributed by atoms with E-state index in [0.29, 0.717) is 5.69 Å². The average molecular weight is 477 g/mol. The molecule has 0 unspecified atom stereocenters. The summed E-state index contributed by atoms with van der Waals surface area (Å²) in [6.07, 6.45) is -0.583. The minimum Gasteiger partial charge on any atom is -0.480 e. The first-order valence-electron chi connectivity index (χ1n) is 11.4. The first-order valence-corrected chi connectivity index (χ1v) is 11.4. The highest BCUT2D eigenvalue weighted by molar-refractivity contribution is 5.94. The molecule has 0 atom stereocenters. The van der Waals surface area contributed by atoms with Crippen molar-refractivity contribution in [1.29, 1.82) is 0 Å². The Morgan fingerprint density at radius 3 is 2.26 bits per heavy atom. The maximum Gasteiger partial charge on any atom is 0.407 e. The first-order chi connectivity index (χ1) is 16.8. The predicted octanol–water partition coefficient (Wildman–Crippen LogP) is 3.39. The van der Waals surface area contributed by atoms with E-state index in [0.717, 1.165) is 22.3 Å². The molecule has 2 N–H and O–H groups in total. The van der Waals surface area contributed by atoms with Crippen molar-refractivity contribution in [2.45, 2.75) is 32.4 Å². The maximum atomic E-state index is 12.8. The number of aryl methyl sites for hydroxylation is 1. The van der Waals surface area contributed by atoms with E-state index < -0.39 is 24.5 Å². The molecular formula is C26H28N4O5. The molecule has 1 aliphatic rings. The lowest BCUT2D eigenvalue weighted by atomic mass is 9.98. The predicted molar refractivity (Wildman–Crippen MR) is 129 cm³/mol. The number of alkyl carbamates (subject to hydrolysis) is 1. The monoisotopic (exact) mass is 476 g/mol. The Morgan fingerprint density at radius 1 is 1.09 bits per heavy atom. The number of carbonyl (C=O) groups excluding carboxylic acids is 2. The number of carboxylic acid groups (broad SMARTS) is 1. The van der Waals surface area contributed by atoms with Gasteiger partial charge in [0.05, 0.1) is 12.2 Å². The molecule has 9 heteroatoms. The van der Waals surface area contributed by atoms with Crippen molar-refractivity contribution in [3.8, 4) is 11.1 Å². The molecule has 1 aliphatic carbocycles. The highest BCUT2D eigenvalue weighted by atomic mass is 16.5. The molecule has 2 aromatic carbocycles. The van der Waals surface area contributed by atoms with Gasteiger partial charge in [0.15, 0.2) is 0 Å². The number of hydrogen-bond acceptors (Lipinski definition) is 5. The zero-order chi connectivity index (χ0) is 25.1. The van der Waals surface area contributed by atoms with Crippen LogP contribution in [0.15, 0.2) is 54.6 Å². The largest absolute Gasteiger partial charge is 0.480 e. The lowest BCUT2D eigenvalue weighted by molar-refractivity contribution is -0.138. The third-order valence-corrected chi connectivity index (χ3v) is 6.10. The van der Waals surface area contributed by atoms with Crippen LogP contribution in [0, 0.1) is 0 Å². The molecule has 3 aromatic rings. The summed E-state index contributed by atoms with van der Waals surface area (Å²) >= 11 is 0. The lowest BCUT2D eigenvalue weighted by Gasteiger charge is -2.24. The molecule has 0 fully saturated rings. The van der Waals surface area contributed by atoms with Gasteiger partial charge in [-0.1, -0.05) is 48.5 Å². The van der Waals surface area contributed by atoms with E-state index in [1.54, 1.807) is 27.0 Å². The van der Waals surface area contributed by atoms with Crippen LogP contribution in [0.1, 0.15) is 47.1 Å². The number of fused-ring (bicyclic) bond motifs is 3. The summed E-state index contributed by atoms with van der Waals surface area (Å²) in [5, 5.41) is 16.1. The SMILES string of the molecule is CC(C)N(CC(=O)O)C(=O)c1cc(CNC(=O)OCC2c3ccccc3-c3ccccc32)nn1C. The summed E-state index contributed by atoms with van der Waals surface area (Å²) in [4.78, 5) is 37.7. The summed E-state index contributed by atoms with van der Waals surface area (Å²) in [5.41, 5.74) is 5.27. The van der Waals surface area contributed by atoms with Gasteiger partial charge in [0.2, 0.25) is 0 Å². The van der Waals surface area contributed by atoms with E-state index in [1.807, 2.05) is 24.3 Å². The summed E-state index contributed by atoms with van der Waals surface area (Å²) in [6.45, 7) is 3.35. The Balaban J connectivity index is 1.37. The number of hydrogen-bond donors (Lipinski definition) is 2. The molecule has 1 heterocycles. The Hall–Kier alpha value is -4.14. The van der Waals surface area contributed by atoms with Crippen LogP contribution in [-0.2, 0) is 23.1 Å². The van der Waals surface area contributed by atoms with E-state index in [4.69, 9.17) is 9.84 Å². The fourth-order valence-corrected chi connectivity index (χ4v) is 4.41. The van der Waals surface area contributed by atoms with Gasteiger partial charge >= 0.3 is 12.1 Å². The fourth-order valence-electron chi connectivity index (χ4n) is 4.41. The third kappa shape index (κ3) is 5.03. The number of amides is 2. The average Bonchev–Trinajstić information content (AvgIpc) is 3.36. The number of rotatable bonds is 8. The summed E-state index contributed by atoms with van der Waals surface area (Å²) in [5.74, 6) is -1.57. The van der Waals surface area contributed by atoms with Crippen molar-refractivity contribution in [2.24, 2.45) is 7.05 Å². The van der Waals surface area contributed by atoms with E-state index in [1.165, 1.54) is 9.58 Å². The van der Waals surface area contributed by atoms with Gasteiger partial charge < -0.3 is 20.1 Å². The van der Waals surface area contributed by atoms with Gasteiger partial charge in [0, 0.05) is 19.0 Å². The fraction of sp³-hybridized carbons (Fsp3) is 0.308. The van der Waals surface area contributed by atoms with Gasteiger partial charge in [-0.15, -0.1) is 0 Å². The van der Waals surface area contributed by atoms with E-state index in [-0.39, 0.29) is 30.8 Å². The van der Waals surface area contributed by atoms with E-state index >= 15 is 0 Å². The topological polar surface area (TPSA) is 114 Å². The summed E-state index contributed by atoms with van der Waals surface area (Å²) in [6, 6.07) is 17.5.